The summed E-state index contributed by atoms with van der Waals surface area (Å²) in [6, 6.07) is 7.73. The number of fused-ring (bicyclic) bond motifs is 3. The van der Waals surface area contributed by atoms with E-state index in [0.29, 0.717) is 22.8 Å². The van der Waals surface area contributed by atoms with Crippen molar-refractivity contribution >= 4 is 17.6 Å². The molecule has 15 heteroatoms. The summed E-state index contributed by atoms with van der Waals surface area (Å²) in [6.07, 6.45) is 0.430. The molecule has 2 amide bonds. The lowest BCUT2D eigenvalue weighted by Gasteiger charge is -2.30. The van der Waals surface area contributed by atoms with E-state index in [0.717, 1.165) is 38.1 Å². The minimum Gasteiger partial charge on any atom is -0.341 e. The van der Waals surface area contributed by atoms with Crippen LogP contribution in [-0.4, -0.2) is 64.3 Å². The van der Waals surface area contributed by atoms with Crippen LogP contribution in [0, 0.1) is 5.82 Å². The SMILES string of the molecule is CC(C)n1cnnc1-c1cccc(NC(=O)c2cc3c(cc2F)CN(CC(=O)NC(C)(C)C(F)(F)F)Cc2c(C4CC4)ncn2-3)n1. The number of hydrogen-bond acceptors (Lipinski definition) is 7. The van der Waals surface area contributed by atoms with Gasteiger partial charge in [0.25, 0.3) is 5.91 Å². The third kappa shape index (κ3) is 6.10. The summed E-state index contributed by atoms with van der Waals surface area (Å²) in [4.78, 5) is 37.0. The first-order chi connectivity index (χ1) is 21.7. The number of nitrogens with zero attached hydrogens (tertiary/aromatic N) is 7. The van der Waals surface area contributed by atoms with Crippen molar-refractivity contribution < 1.29 is 27.2 Å². The molecule has 0 atom stereocenters. The van der Waals surface area contributed by atoms with E-state index in [1.807, 2.05) is 18.4 Å². The van der Waals surface area contributed by atoms with Crippen molar-refractivity contribution in [3.05, 3.63) is 71.3 Å². The van der Waals surface area contributed by atoms with E-state index < -0.39 is 29.3 Å². The maximum Gasteiger partial charge on any atom is 0.410 e. The molecule has 11 nitrogen and oxygen atoms in total. The van der Waals surface area contributed by atoms with Crippen molar-refractivity contribution in [3.8, 4) is 17.2 Å². The van der Waals surface area contributed by atoms with Gasteiger partial charge in [0.2, 0.25) is 5.91 Å². The molecule has 2 N–H and O–H groups in total. The minimum absolute atomic E-state index is 0.0555. The second-order valence-corrected chi connectivity index (χ2v) is 12.5. The van der Waals surface area contributed by atoms with Gasteiger partial charge in [-0.1, -0.05) is 6.07 Å². The number of benzene rings is 1. The van der Waals surface area contributed by atoms with Gasteiger partial charge in [0.15, 0.2) is 5.82 Å². The molecule has 4 heterocycles. The Morgan fingerprint density at radius 2 is 1.85 bits per heavy atom. The maximum absolute atomic E-state index is 15.6. The number of carbonyl (C=O) groups excluding carboxylic acids is 2. The fraction of sp³-hybridized carbons (Fsp3) is 0.419. The molecule has 1 saturated carbocycles. The molecule has 0 bridgehead atoms. The van der Waals surface area contributed by atoms with Crippen LogP contribution in [-0.2, 0) is 17.9 Å². The van der Waals surface area contributed by atoms with Crippen LogP contribution in [0.5, 0.6) is 0 Å². The molecular formula is C31H33F4N9O2. The second-order valence-electron chi connectivity index (χ2n) is 12.5. The predicted octanol–water partition coefficient (Wildman–Crippen LogP) is 5.15. The lowest BCUT2D eigenvalue weighted by atomic mass is 10.1. The van der Waals surface area contributed by atoms with Crippen LogP contribution < -0.4 is 10.6 Å². The van der Waals surface area contributed by atoms with Gasteiger partial charge >= 0.3 is 6.18 Å². The van der Waals surface area contributed by atoms with E-state index in [-0.39, 0.29) is 43.0 Å². The first-order valence-electron chi connectivity index (χ1n) is 14.9. The van der Waals surface area contributed by atoms with Gasteiger partial charge < -0.3 is 19.8 Å². The zero-order valence-electron chi connectivity index (χ0n) is 25.7. The van der Waals surface area contributed by atoms with E-state index in [1.165, 1.54) is 12.1 Å². The first-order valence-corrected chi connectivity index (χ1v) is 14.9. The summed E-state index contributed by atoms with van der Waals surface area (Å²) >= 11 is 0. The Labute approximate surface area is 262 Å². The standard InChI is InChI=1S/C31H33F4N9O2/c1-17(2)43-16-37-41-28(43)22-6-5-7-25(38-22)39-29(46)20-11-23-19(10-21(20)32)12-42(14-26(45)40-30(3,4)31(33,34)35)13-24-27(18-8-9-18)36-15-44(23)24/h5-7,10-11,15-18H,8-9,12-14H2,1-4H3,(H,40,45)(H,38,39,46). The molecule has 1 aromatic carbocycles. The summed E-state index contributed by atoms with van der Waals surface area (Å²) in [6.45, 7) is 5.64. The highest BCUT2D eigenvalue weighted by molar-refractivity contribution is 6.04. The monoisotopic (exact) mass is 639 g/mol. The van der Waals surface area contributed by atoms with Crippen molar-refractivity contribution in [2.45, 2.75) is 77.3 Å². The van der Waals surface area contributed by atoms with Crippen LogP contribution in [0.2, 0.25) is 0 Å². The average molecular weight is 640 g/mol. The maximum atomic E-state index is 15.6. The van der Waals surface area contributed by atoms with Crippen molar-refractivity contribution in [1.29, 1.82) is 0 Å². The summed E-state index contributed by atoms with van der Waals surface area (Å²) in [7, 11) is 0. The zero-order valence-corrected chi connectivity index (χ0v) is 25.7. The Morgan fingerprint density at radius 1 is 1.09 bits per heavy atom. The van der Waals surface area contributed by atoms with Gasteiger partial charge in [-0.3, -0.25) is 14.5 Å². The Kier molecular flexibility index (Phi) is 7.90. The quantitative estimate of drug-likeness (QED) is 0.256. The van der Waals surface area contributed by atoms with E-state index in [9.17, 15) is 22.8 Å². The number of hydrogen-bond donors (Lipinski definition) is 2. The topological polar surface area (TPSA) is 123 Å². The largest absolute Gasteiger partial charge is 0.410 e. The molecule has 3 aromatic heterocycles. The van der Waals surface area contributed by atoms with Crippen LogP contribution in [0.1, 0.15) is 79.8 Å². The molecule has 0 spiro atoms. The molecule has 6 rings (SSSR count). The number of carbonyl (C=O) groups is 2. The summed E-state index contributed by atoms with van der Waals surface area (Å²) < 4.78 is 59.5. The highest BCUT2D eigenvalue weighted by Crippen LogP contribution is 2.42. The number of aromatic nitrogens is 6. The summed E-state index contributed by atoms with van der Waals surface area (Å²) in [5.41, 5.74) is 0.316. The fourth-order valence-electron chi connectivity index (χ4n) is 5.48. The summed E-state index contributed by atoms with van der Waals surface area (Å²) in [5.74, 6) is -1.42. The number of halogens is 4. The Hall–Kier alpha value is -4.66. The number of rotatable bonds is 8. The van der Waals surface area contributed by atoms with E-state index in [2.05, 4.69) is 30.8 Å². The smallest absolute Gasteiger partial charge is 0.341 e. The average Bonchev–Trinajstić information content (AvgIpc) is 3.57. The predicted molar refractivity (Wildman–Crippen MR) is 159 cm³/mol. The Balaban J connectivity index is 1.29. The van der Waals surface area contributed by atoms with Gasteiger partial charge in [0.1, 0.15) is 29.2 Å². The number of pyridine rings is 1. The Morgan fingerprint density at radius 3 is 2.54 bits per heavy atom. The van der Waals surface area contributed by atoms with Gasteiger partial charge in [-0.15, -0.1) is 10.2 Å². The number of imidazole rings is 1. The van der Waals surface area contributed by atoms with Crippen LogP contribution in [0.25, 0.3) is 17.2 Å². The van der Waals surface area contributed by atoms with Crippen molar-refractivity contribution in [2.75, 3.05) is 11.9 Å². The van der Waals surface area contributed by atoms with Gasteiger partial charge in [-0.05, 0) is 70.4 Å². The highest BCUT2D eigenvalue weighted by Gasteiger charge is 2.48. The molecule has 242 valence electrons. The van der Waals surface area contributed by atoms with Crippen molar-refractivity contribution in [2.24, 2.45) is 0 Å². The van der Waals surface area contributed by atoms with Crippen LogP contribution in [0.4, 0.5) is 23.4 Å². The van der Waals surface area contributed by atoms with E-state index in [4.69, 9.17) is 0 Å². The first kappa shape index (κ1) is 31.3. The molecule has 1 aliphatic carbocycles. The number of nitrogens with one attached hydrogen (secondary N) is 2. The van der Waals surface area contributed by atoms with Crippen LogP contribution in [0.3, 0.4) is 0 Å². The third-order valence-corrected chi connectivity index (χ3v) is 8.18. The fourth-order valence-corrected chi connectivity index (χ4v) is 5.48. The van der Waals surface area contributed by atoms with E-state index >= 15 is 4.39 Å². The molecular weight excluding hydrogens is 606 g/mol. The molecule has 4 aromatic rings. The van der Waals surface area contributed by atoms with Crippen molar-refractivity contribution in [1.82, 2.24) is 39.5 Å². The van der Waals surface area contributed by atoms with Crippen LogP contribution in [0.15, 0.2) is 43.0 Å². The second kappa shape index (κ2) is 11.6. The van der Waals surface area contributed by atoms with E-state index in [1.54, 1.807) is 40.3 Å². The molecule has 0 radical (unpaired) electrons. The highest BCUT2D eigenvalue weighted by atomic mass is 19.4. The van der Waals surface area contributed by atoms with Gasteiger partial charge in [-0.2, -0.15) is 13.2 Å². The molecule has 0 unspecified atom stereocenters. The minimum atomic E-state index is -4.64. The summed E-state index contributed by atoms with van der Waals surface area (Å²) in [5, 5.41) is 12.8. The van der Waals surface area contributed by atoms with Gasteiger partial charge in [0, 0.05) is 25.0 Å². The molecule has 1 aliphatic heterocycles. The lowest BCUT2D eigenvalue weighted by molar-refractivity contribution is -0.188. The Bertz CT molecular complexity index is 1810. The normalized spacial score (nSPS) is 15.3. The molecule has 46 heavy (non-hydrogen) atoms. The molecule has 2 aliphatic rings. The van der Waals surface area contributed by atoms with Crippen LogP contribution >= 0.6 is 0 Å². The van der Waals surface area contributed by atoms with Gasteiger partial charge in [-0.25, -0.2) is 14.4 Å². The molecule has 0 saturated heterocycles. The zero-order chi connectivity index (χ0) is 33.0. The third-order valence-electron chi connectivity index (χ3n) is 8.18. The van der Waals surface area contributed by atoms with Gasteiger partial charge in [0.05, 0.1) is 35.5 Å². The molecule has 1 fully saturated rings. The number of anilines is 1. The lowest BCUT2D eigenvalue weighted by Crippen LogP contribution is -2.56. The van der Waals surface area contributed by atoms with Crippen molar-refractivity contribution in [3.63, 3.8) is 0 Å². The number of amides is 2. The number of alkyl halides is 3.